The van der Waals surface area contributed by atoms with Gasteiger partial charge in [-0.05, 0) is 54.6 Å². The molecule has 18 heavy (non-hydrogen) atoms. The molecule has 1 aromatic carbocycles. The van der Waals surface area contributed by atoms with E-state index in [-0.39, 0.29) is 0 Å². The third-order valence-electron chi connectivity index (χ3n) is 2.73. The highest BCUT2D eigenvalue weighted by Crippen LogP contribution is 2.30. The number of rotatable bonds is 3. The van der Waals surface area contributed by atoms with E-state index in [2.05, 4.69) is 33.1 Å². The lowest BCUT2D eigenvalue weighted by Gasteiger charge is -2.17. The minimum absolute atomic E-state index is 0.751. The van der Waals surface area contributed by atoms with Gasteiger partial charge in [0.25, 0.3) is 0 Å². The van der Waals surface area contributed by atoms with Gasteiger partial charge in [0.1, 0.15) is 5.75 Å². The minimum Gasteiger partial charge on any atom is -0.493 e. The van der Waals surface area contributed by atoms with E-state index in [0.29, 0.717) is 0 Å². The van der Waals surface area contributed by atoms with E-state index in [1.54, 1.807) is 6.20 Å². The summed E-state index contributed by atoms with van der Waals surface area (Å²) >= 11 is 1.51. The third kappa shape index (κ3) is 2.56. The van der Waals surface area contributed by atoms with E-state index in [9.17, 15) is 0 Å². The number of ether oxygens (including phenoxy) is 1. The lowest BCUT2D eigenvalue weighted by Crippen LogP contribution is -2.08. The van der Waals surface area contributed by atoms with Crippen LogP contribution in [-0.4, -0.2) is 16.8 Å². The lowest BCUT2D eigenvalue weighted by atomic mass is 10.1. The maximum absolute atomic E-state index is 5.65. The van der Waals surface area contributed by atoms with E-state index in [4.69, 9.17) is 4.74 Å². The molecule has 0 spiro atoms. The molecule has 4 nitrogen and oxygen atoms in total. The van der Waals surface area contributed by atoms with Crippen LogP contribution < -0.4 is 9.46 Å². The molecule has 0 saturated heterocycles. The standard InChI is InChI=1S/C13H13N3OS/c1-4-13(15-14-7-1)16-18-11-6-5-10-3-2-8-17-12(10)9-11/h1,4-7,9H,2-3,8H2,(H,15,16). The SMILES string of the molecule is c1cnnc(NSc2ccc3c(c2)OCCC3)c1. The Labute approximate surface area is 110 Å². The predicted molar refractivity (Wildman–Crippen MR) is 71.8 cm³/mol. The Morgan fingerprint density at radius 2 is 2.28 bits per heavy atom. The molecule has 0 amide bonds. The van der Waals surface area contributed by atoms with Crippen molar-refractivity contribution >= 4 is 17.8 Å². The van der Waals surface area contributed by atoms with Crippen molar-refractivity contribution in [2.45, 2.75) is 17.7 Å². The van der Waals surface area contributed by atoms with Gasteiger partial charge in [-0.3, -0.25) is 0 Å². The van der Waals surface area contributed by atoms with Crippen LogP contribution in [-0.2, 0) is 6.42 Å². The van der Waals surface area contributed by atoms with Gasteiger partial charge < -0.3 is 9.46 Å². The van der Waals surface area contributed by atoms with Gasteiger partial charge in [0.2, 0.25) is 0 Å². The van der Waals surface area contributed by atoms with Gasteiger partial charge in [-0.2, -0.15) is 5.10 Å². The van der Waals surface area contributed by atoms with E-state index < -0.39 is 0 Å². The van der Waals surface area contributed by atoms with Crippen molar-refractivity contribution in [3.63, 3.8) is 0 Å². The zero-order valence-electron chi connectivity index (χ0n) is 9.80. The molecule has 92 valence electrons. The number of nitrogens with zero attached hydrogens (tertiary/aromatic N) is 2. The highest BCUT2D eigenvalue weighted by Gasteiger charge is 2.10. The molecule has 0 atom stereocenters. The van der Waals surface area contributed by atoms with Crippen LogP contribution in [0.3, 0.4) is 0 Å². The van der Waals surface area contributed by atoms with Gasteiger partial charge in [0.05, 0.1) is 6.61 Å². The molecular formula is C13H13N3OS. The second-order valence-electron chi connectivity index (χ2n) is 4.03. The fraction of sp³-hybridized carbons (Fsp3) is 0.231. The molecule has 1 aliphatic heterocycles. The van der Waals surface area contributed by atoms with E-state index in [0.717, 1.165) is 35.9 Å². The maximum atomic E-state index is 5.65. The van der Waals surface area contributed by atoms with Crippen LogP contribution in [0.15, 0.2) is 41.4 Å². The largest absolute Gasteiger partial charge is 0.493 e. The molecule has 1 aromatic heterocycles. The number of anilines is 1. The Balaban J connectivity index is 1.70. The first-order valence-electron chi connectivity index (χ1n) is 5.88. The summed E-state index contributed by atoms with van der Waals surface area (Å²) in [6, 6.07) is 10.0. The molecule has 3 rings (SSSR count). The summed E-state index contributed by atoms with van der Waals surface area (Å²) in [6.07, 6.45) is 3.87. The number of hydrogen-bond acceptors (Lipinski definition) is 5. The van der Waals surface area contributed by atoms with E-state index >= 15 is 0 Å². The van der Waals surface area contributed by atoms with Crippen LogP contribution in [0.5, 0.6) is 5.75 Å². The van der Waals surface area contributed by atoms with Gasteiger partial charge in [-0.15, -0.1) is 5.10 Å². The maximum Gasteiger partial charge on any atom is 0.158 e. The average molecular weight is 259 g/mol. The summed E-state index contributed by atoms with van der Waals surface area (Å²) in [4.78, 5) is 1.11. The molecule has 0 saturated carbocycles. The predicted octanol–water partition coefficient (Wildman–Crippen LogP) is 2.92. The molecule has 0 unspecified atom stereocenters. The zero-order chi connectivity index (χ0) is 12.2. The number of nitrogens with one attached hydrogen (secondary N) is 1. The first kappa shape index (κ1) is 11.3. The molecule has 1 N–H and O–H groups in total. The number of aryl methyl sites for hydroxylation is 1. The molecular weight excluding hydrogens is 246 g/mol. The molecule has 0 bridgehead atoms. The summed E-state index contributed by atoms with van der Waals surface area (Å²) in [5, 5.41) is 7.78. The fourth-order valence-corrected chi connectivity index (χ4v) is 2.48. The number of aromatic nitrogens is 2. The third-order valence-corrected chi connectivity index (χ3v) is 3.53. The molecule has 2 aromatic rings. The molecule has 1 aliphatic rings. The minimum atomic E-state index is 0.751. The van der Waals surface area contributed by atoms with E-state index in [1.165, 1.54) is 17.5 Å². The van der Waals surface area contributed by atoms with Crippen LogP contribution >= 0.6 is 11.9 Å². The van der Waals surface area contributed by atoms with Crippen LogP contribution in [0.4, 0.5) is 5.82 Å². The van der Waals surface area contributed by atoms with Crippen LogP contribution in [0, 0.1) is 0 Å². The van der Waals surface area contributed by atoms with Crippen molar-refractivity contribution in [1.29, 1.82) is 0 Å². The Morgan fingerprint density at radius 3 is 3.17 bits per heavy atom. The van der Waals surface area contributed by atoms with Crippen molar-refractivity contribution in [2.24, 2.45) is 0 Å². The Kier molecular flexibility index (Phi) is 3.32. The smallest absolute Gasteiger partial charge is 0.158 e. The molecule has 0 aliphatic carbocycles. The van der Waals surface area contributed by atoms with Crippen molar-refractivity contribution < 1.29 is 4.74 Å². The number of hydrogen-bond donors (Lipinski definition) is 1. The summed E-state index contributed by atoms with van der Waals surface area (Å²) in [7, 11) is 0. The number of fused-ring (bicyclic) bond motifs is 1. The zero-order valence-corrected chi connectivity index (χ0v) is 10.6. The van der Waals surface area contributed by atoms with Gasteiger partial charge in [-0.25, -0.2) is 0 Å². The van der Waals surface area contributed by atoms with Crippen LogP contribution in [0.25, 0.3) is 0 Å². The van der Waals surface area contributed by atoms with Crippen LogP contribution in [0.1, 0.15) is 12.0 Å². The quantitative estimate of drug-likeness (QED) is 0.859. The fourth-order valence-electron chi connectivity index (χ4n) is 1.85. The van der Waals surface area contributed by atoms with Crippen molar-refractivity contribution in [2.75, 3.05) is 11.3 Å². The monoisotopic (exact) mass is 259 g/mol. The van der Waals surface area contributed by atoms with Crippen LogP contribution in [0.2, 0.25) is 0 Å². The number of benzene rings is 1. The van der Waals surface area contributed by atoms with Gasteiger partial charge in [0, 0.05) is 11.1 Å². The summed E-state index contributed by atoms with van der Waals surface area (Å²) in [6.45, 7) is 0.818. The highest BCUT2D eigenvalue weighted by molar-refractivity contribution is 8.00. The molecule has 5 heteroatoms. The normalized spacial score (nSPS) is 13.6. The second kappa shape index (κ2) is 5.27. The first-order valence-corrected chi connectivity index (χ1v) is 6.70. The van der Waals surface area contributed by atoms with Crippen molar-refractivity contribution in [1.82, 2.24) is 10.2 Å². The first-order chi connectivity index (χ1) is 8.92. The topological polar surface area (TPSA) is 47.0 Å². The van der Waals surface area contributed by atoms with E-state index in [1.807, 2.05) is 12.1 Å². The van der Waals surface area contributed by atoms with Crippen molar-refractivity contribution in [3.8, 4) is 5.75 Å². The molecule has 0 radical (unpaired) electrons. The summed E-state index contributed by atoms with van der Waals surface area (Å²) < 4.78 is 8.80. The van der Waals surface area contributed by atoms with Gasteiger partial charge in [-0.1, -0.05) is 6.07 Å². The molecule has 2 heterocycles. The Morgan fingerprint density at radius 1 is 1.28 bits per heavy atom. The highest BCUT2D eigenvalue weighted by atomic mass is 32.2. The second-order valence-corrected chi connectivity index (χ2v) is 4.91. The van der Waals surface area contributed by atoms with Gasteiger partial charge >= 0.3 is 0 Å². The Hall–Kier alpha value is -1.75. The van der Waals surface area contributed by atoms with Gasteiger partial charge in [0.15, 0.2) is 5.82 Å². The lowest BCUT2D eigenvalue weighted by molar-refractivity contribution is 0.287. The summed E-state index contributed by atoms with van der Waals surface area (Å²) in [5.41, 5.74) is 1.30. The van der Waals surface area contributed by atoms with Crippen molar-refractivity contribution in [3.05, 3.63) is 42.1 Å². The Bertz CT molecular complexity index is 533. The molecule has 0 fully saturated rings. The summed E-state index contributed by atoms with van der Waals surface area (Å²) in [5.74, 6) is 1.76. The average Bonchev–Trinajstić information content (AvgIpc) is 2.46.